The summed E-state index contributed by atoms with van der Waals surface area (Å²) in [5.74, 6) is -0.671. The fourth-order valence-corrected chi connectivity index (χ4v) is 5.80. The number of carbonyl (C=O) groups is 1. The molecule has 162 valence electrons. The smallest absolute Gasteiger partial charge is 0.332 e. The Morgan fingerprint density at radius 3 is 2.57 bits per heavy atom. The molecule has 1 aromatic heterocycles. The molecule has 2 unspecified atom stereocenters. The van der Waals surface area contributed by atoms with Crippen molar-refractivity contribution in [3.05, 3.63) is 46.4 Å². The number of likely N-dealkylation sites (tertiary alicyclic amines) is 1. The Balaban J connectivity index is 1.52. The Morgan fingerprint density at radius 2 is 1.87 bits per heavy atom. The van der Waals surface area contributed by atoms with Crippen LogP contribution in [0.4, 0.5) is 4.39 Å². The SMILES string of the molecule is O=C(C1CCCN(S(=O)(=O)c2ccc(F)cc2)C1)N1CCCCC1c1n[nH]c(=O)[nH]1. The minimum atomic E-state index is -3.81. The van der Waals surface area contributed by atoms with E-state index in [-0.39, 0.29) is 23.4 Å². The van der Waals surface area contributed by atoms with E-state index in [1.165, 1.54) is 16.4 Å². The second kappa shape index (κ2) is 8.31. The third-order valence-electron chi connectivity index (χ3n) is 5.81. The first-order valence-corrected chi connectivity index (χ1v) is 11.5. The van der Waals surface area contributed by atoms with Crippen LogP contribution in [0.15, 0.2) is 34.0 Å². The van der Waals surface area contributed by atoms with Gasteiger partial charge in [-0.25, -0.2) is 22.7 Å². The van der Waals surface area contributed by atoms with Gasteiger partial charge in [-0.05, 0) is 56.4 Å². The van der Waals surface area contributed by atoms with Gasteiger partial charge in [0.2, 0.25) is 15.9 Å². The Kier molecular flexibility index (Phi) is 5.74. The van der Waals surface area contributed by atoms with Crippen LogP contribution >= 0.6 is 0 Å². The topological polar surface area (TPSA) is 119 Å². The summed E-state index contributed by atoms with van der Waals surface area (Å²) >= 11 is 0. The molecule has 2 aliphatic rings. The van der Waals surface area contributed by atoms with Crippen molar-refractivity contribution in [3.63, 3.8) is 0 Å². The van der Waals surface area contributed by atoms with Gasteiger partial charge in [0.05, 0.1) is 16.9 Å². The van der Waals surface area contributed by atoms with E-state index in [2.05, 4.69) is 15.2 Å². The van der Waals surface area contributed by atoms with E-state index < -0.39 is 27.4 Å². The van der Waals surface area contributed by atoms with Crippen molar-refractivity contribution in [1.29, 1.82) is 0 Å². The molecule has 30 heavy (non-hydrogen) atoms. The molecule has 0 bridgehead atoms. The Morgan fingerprint density at radius 1 is 1.10 bits per heavy atom. The zero-order valence-corrected chi connectivity index (χ0v) is 17.2. The Labute approximate surface area is 173 Å². The number of sulfonamides is 1. The molecule has 2 saturated heterocycles. The molecule has 11 heteroatoms. The third kappa shape index (κ3) is 4.04. The van der Waals surface area contributed by atoms with Crippen LogP contribution in [0, 0.1) is 11.7 Å². The van der Waals surface area contributed by atoms with Gasteiger partial charge in [0.15, 0.2) is 5.82 Å². The summed E-state index contributed by atoms with van der Waals surface area (Å²) in [6.45, 7) is 0.943. The predicted octanol–water partition coefficient (Wildman–Crippen LogP) is 1.39. The molecule has 4 rings (SSSR count). The highest BCUT2D eigenvalue weighted by molar-refractivity contribution is 7.89. The van der Waals surface area contributed by atoms with Crippen LogP contribution < -0.4 is 5.69 Å². The van der Waals surface area contributed by atoms with E-state index in [4.69, 9.17) is 0 Å². The van der Waals surface area contributed by atoms with E-state index in [1.54, 1.807) is 4.90 Å². The number of hydrogen-bond donors (Lipinski definition) is 2. The number of halogens is 1. The molecule has 2 fully saturated rings. The van der Waals surface area contributed by atoms with E-state index in [0.29, 0.717) is 38.2 Å². The standard InChI is InChI=1S/C19H24FN5O4S/c20-14-6-8-15(9-7-14)30(28,29)24-10-3-4-13(12-24)18(26)25-11-2-1-5-16(25)17-21-19(27)23-22-17/h6-9,13,16H,1-5,10-12H2,(H2,21,22,23,27). The number of benzene rings is 1. The van der Waals surface area contributed by atoms with Gasteiger partial charge < -0.3 is 4.90 Å². The lowest BCUT2D eigenvalue weighted by Crippen LogP contribution is -2.48. The molecule has 0 saturated carbocycles. The molecule has 0 aliphatic carbocycles. The van der Waals surface area contributed by atoms with Gasteiger partial charge in [-0.15, -0.1) is 0 Å². The van der Waals surface area contributed by atoms with Gasteiger partial charge in [0.1, 0.15) is 5.82 Å². The van der Waals surface area contributed by atoms with E-state index in [1.807, 2.05) is 0 Å². The van der Waals surface area contributed by atoms with Gasteiger partial charge in [-0.1, -0.05) is 0 Å². The highest BCUT2D eigenvalue weighted by Crippen LogP contribution is 2.32. The fourth-order valence-electron chi connectivity index (χ4n) is 4.27. The highest BCUT2D eigenvalue weighted by atomic mass is 32.2. The van der Waals surface area contributed by atoms with Gasteiger partial charge in [0.25, 0.3) is 0 Å². The molecule has 0 radical (unpaired) electrons. The molecule has 2 N–H and O–H groups in total. The summed E-state index contributed by atoms with van der Waals surface area (Å²) in [6, 6.07) is 4.38. The van der Waals surface area contributed by atoms with Gasteiger partial charge in [0, 0.05) is 19.6 Å². The van der Waals surface area contributed by atoms with Crippen molar-refractivity contribution >= 4 is 15.9 Å². The summed E-state index contributed by atoms with van der Waals surface area (Å²) < 4.78 is 40.4. The number of amides is 1. The van der Waals surface area contributed by atoms with Crippen LogP contribution in [-0.2, 0) is 14.8 Å². The lowest BCUT2D eigenvalue weighted by atomic mass is 9.94. The third-order valence-corrected chi connectivity index (χ3v) is 7.69. The first-order chi connectivity index (χ1) is 14.4. The second-order valence-corrected chi connectivity index (χ2v) is 9.70. The number of aromatic amines is 2. The molecule has 2 atom stereocenters. The maximum atomic E-state index is 13.3. The van der Waals surface area contributed by atoms with Crippen molar-refractivity contribution in [2.75, 3.05) is 19.6 Å². The van der Waals surface area contributed by atoms with Crippen molar-refractivity contribution in [1.82, 2.24) is 24.4 Å². The van der Waals surface area contributed by atoms with Crippen LogP contribution in [0.2, 0.25) is 0 Å². The minimum Gasteiger partial charge on any atom is -0.332 e. The molecule has 1 aromatic carbocycles. The Bertz CT molecular complexity index is 1070. The maximum absolute atomic E-state index is 13.3. The molecule has 0 spiro atoms. The van der Waals surface area contributed by atoms with Crippen molar-refractivity contribution in [3.8, 4) is 0 Å². The van der Waals surface area contributed by atoms with E-state index >= 15 is 0 Å². The fraction of sp³-hybridized carbons (Fsp3) is 0.526. The average Bonchev–Trinajstić information content (AvgIpc) is 3.20. The number of hydrogen-bond acceptors (Lipinski definition) is 5. The average molecular weight is 437 g/mol. The number of H-pyrrole nitrogens is 2. The number of nitrogens with zero attached hydrogens (tertiary/aromatic N) is 3. The summed E-state index contributed by atoms with van der Waals surface area (Å²) in [6.07, 6.45) is 3.61. The lowest BCUT2D eigenvalue weighted by molar-refractivity contribution is -0.140. The molecular formula is C19H24FN5O4S. The first-order valence-electron chi connectivity index (χ1n) is 10.1. The number of piperidine rings is 2. The summed E-state index contributed by atoms with van der Waals surface area (Å²) in [4.78, 5) is 29.1. The molecule has 1 amide bonds. The van der Waals surface area contributed by atoms with Crippen LogP contribution in [0.1, 0.15) is 44.0 Å². The maximum Gasteiger partial charge on any atom is 0.340 e. The normalized spacial score (nSPS) is 23.4. The lowest BCUT2D eigenvalue weighted by Gasteiger charge is -2.39. The van der Waals surface area contributed by atoms with E-state index in [9.17, 15) is 22.4 Å². The second-order valence-electron chi connectivity index (χ2n) is 7.76. The molecule has 2 aromatic rings. The Hall–Kier alpha value is -2.53. The van der Waals surface area contributed by atoms with Gasteiger partial charge in [-0.2, -0.15) is 9.40 Å². The molecule has 2 aliphatic heterocycles. The van der Waals surface area contributed by atoms with Crippen LogP contribution in [-0.4, -0.2) is 58.3 Å². The number of aromatic nitrogens is 3. The van der Waals surface area contributed by atoms with Crippen LogP contribution in [0.5, 0.6) is 0 Å². The highest BCUT2D eigenvalue weighted by Gasteiger charge is 2.38. The monoisotopic (exact) mass is 437 g/mol. The zero-order chi connectivity index (χ0) is 21.3. The van der Waals surface area contributed by atoms with Crippen molar-refractivity contribution in [2.45, 2.75) is 43.0 Å². The number of nitrogens with one attached hydrogen (secondary N) is 2. The first kappa shape index (κ1) is 20.7. The van der Waals surface area contributed by atoms with Crippen molar-refractivity contribution in [2.24, 2.45) is 5.92 Å². The predicted molar refractivity (Wildman–Crippen MR) is 105 cm³/mol. The van der Waals surface area contributed by atoms with Crippen molar-refractivity contribution < 1.29 is 17.6 Å². The largest absolute Gasteiger partial charge is 0.340 e. The van der Waals surface area contributed by atoms with Crippen LogP contribution in [0.25, 0.3) is 0 Å². The van der Waals surface area contributed by atoms with Gasteiger partial charge in [-0.3, -0.25) is 9.78 Å². The zero-order valence-electron chi connectivity index (χ0n) is 16.4. The summed E-state index contributed by atoms with van der Waals surface area (Å²) in [5, 5.41) is 6.34. The molecular weight excluding hydrogens is 413 g/mol. The number of carbonyl (C=O) groups excluding carboxylic acids is 1. The van der Waals surface area contributed by atoms with E-state index in [0.717, 1.165) is 25.0 Å². The number of rotatable bonds is 4. The van der Waals surface area contributed by atoms with Gasteiger partial charge >= 0.3 is 5.69 Å². The molecule has 3 heterocycles. The summed E-state index contributed by atoms with van der Waals surface area (Å²) in [7, 11) is -3.81. The quantitative estimate of drug-likeness (QED) is 0.749. The summed E-state index contributed by atoms with van der Waals surface area (Å²) in [5.41, 5.74) is -0.419. The molecule has 9 nitrogen and oxygen atoms in total. The van der Waals surface area contributed by atoms with Crippen LogP contribution in [0.3, 0.4) is 0 Å². The minimum absolute atomic E-state index is 0.0157.